The highest BCUT2D eigenvalue weighted by atomic mass is 16.5. The summed E-state index contributed by atoms with van der Waals surface area (Å²) in [4.78, 5) is 22.8. The largest absolute Gasteiger partial charge is 0.466 e. The van der Waals surface area contributed by atoms with E-state index in [2.05, 4.69) is 13.2 Å². The monoisotopic (exact) mass is 254 g/mol. The van der Waals surface area contributed by atoms with Gasteiger partial charge in [0.1, 0.15) is 0 Å². The van der Waals surface area contributed by atoms with Crippen LogP contribution < -0.4 is 0 Å². The molecule has 0 heterocycles. The Balaban J connectivity index is 4.47. The third-order valence-corrected chi connectivity index (χ3v) is 2.57. The van der Waals surface area contributed by atoms with Gasteiger partial charge in [0.05, 0.1) is 26.1 Å². The van der Waals surface area contributed by atoms with Crippen molar-refractivity contribution in [1.82, 2.24) is 0 Å². The maximum atomic E-state index is 11.4. The third-order valence-electron chi connectivity index (χ3n) is 2.57. The van der Waals surface area contributed by atoms with Crippen LogP contribution in [0.15, 0.2) is 25.3 Å². The van der Waals surface area contributed by atoms with Crippen LogP contribution in [0.1, 0.15) is 26.7 Å². The van der Waals surface area contributed by atoms with Crippen LogP contribution in [0.4, 0.5) is 0 Å². The molecule has 0 aliphatic carbocycles. The summed E-state index contributed by atoms with van der Waals surface area (Å²) in [6.07, 6.45) is 3.71. The molecular formula is C14H22O4. The van der Waals surface area contributed by atoms with Gasteiger partial charge < -0.3 is 9.47 Å². The number of carbonyl (C=O) groups is 2. The molecule has 0 amide bonds. The van der Waals surface area contributed by atoms with Gasteiger partial charge in [-0.15, -0.1) is 13.2 Å². The van der Waals surface area contributed by atoms with Gasteiger partial charge in [-0.1, -0.05) is 12.2 Å². The summed E-state index contributed by atoms with van der Waals surface area (Å²) in [5, 5.41) is 0. The highest BCUT2D eigenvalue weighted by molar-refractivity contribution is 5.71. The summed E-state index contributed by atoms with van der Waals surface area (Å²) < 4.78 is 9.77. The van der Waals surface area contributed by atoms with Gasteiger partial charge in [0, 0.05) is 0 Å². The average molecular weight is 254 g/mol. The van der Waals surface area contributed by atoms with Crippen LogP contribution in [0, 0.1) is 11.8 Å². The predicted octanol–water partition coefficient (Wildman–Crippen LogP) is 2.50. The first kappa shape index (κ1) is 16.4. The highest BCUT2D eigenvalue weighted by Gasteiger charge is 2.22. The zero-order chi connectivity index (χ0) is 14.0. The zero-order valence-electron chi connectivity index (χ0n) is 11.2. The lowest BCUT2D eigenvalue weighted by Gasteiger charge is -2.19. The molecular weight excluding hydrogens is 232 g/mol. The van der Waals surface area contributed by atoms with Crippen molar-refractivity contribution in [3.8, 4) is 0 Å². The van der Waals surface area contributed by atoms with Crippen molar-refractivity contribution in [1.29, 1.82) is 0 Å². The molecule has 0 saturated carbocycles. The van der Waals surface area contributed by atoms with Crippen LogP contribution in [-0.2, 0) is 19.1 Å². The fourth-order valence-electron chi connectivity index (χ4n) is 1.64. The first-order valence-electron chi connectivity index (χ1n) is 6.15. The second-order valence-corrected chi connectivity index (χ2v) is 3.82. The Morgan fingerprint density at radius 1 is 0.944 bits per heavy atom. The molecule has 0 unspecified atom stereocenters. The lowest BCUT2D eigenvalue weighted by Crippen LogP contribution is -2.20. The average Bonchev–Trinajstić information content (AvgIpc) is 2.34. The molecule has 0 fully saturated rings. The Bertz CT molecular complexity index is 266. The first-order chi connectivity index (χ1) is 8.58. The Kier molecular flexibility index (Phi) is 8.62. The van der Waals surface area contributed by atoms with Crippen molar-refractivity contribution in [3.63, 3.8) is 0 Å². The fraction of sp³-hybridized carbons (Fsp3) is 0.571. The quantitative estimate of drug-likeness (QED) is 0.468. The van der Waals surface area contributed by atoms with Gasteiger partial charge in [-0.3, -0.25) is 9.59 Å². The van der Waals surface area contributed by atoms with E-state index >= 15 is 0 Å². The summed E-state index contributed by atoms with van der Waals surface area (Å²) in [5.41, 5.74) is 0. The summed E-state index contributed by atoms with van der Waals surface area (Å²) in [6, 6.07) is 0. The van der Waals surface area contributed by atoms with Crippen LogP contribution in [0.25, 0.3) is 0 Å². The van der Waals surface area contributed by atoms with E-state index in [9.17, 15) is 9.59 Å². The summed E-state index contributed by atoms with van der Waals surface area (Å²) >= 11 is 0. The molecule has 4 heteroatoms. The van der Waals surface area contributed by atoms with E-state index in [0.29, 0.717) is 13.2 Å². The van der Waals surface area contributed by atoms with E-state index < -0.39 is 0 Å². The molecule has 0 aliphatic rings. The molecule has 0 rings (SSSR count). The van der Waals surface area contributed by atoms with E-state index in [1.807, 2.05) is 0 Å². The lowest BCUT2D eigenvalue weighted by atomic mass is 9.87. The highest BCUT2D eigenvalue weighted by Crippen LogP contribution is 2.23. The number of rotatable bonds is 9. The molecule has 0 aromatic rings. The zero-order valence-corrected chi connectivity index (χ0v) is 11.2. The van der Waals surface area contributed by atoms with E-state index in [-0.39, 0.29) is 36.6 Å². The second-order valence-electron chi connectivity index (χ2n) is 3.82. The summed E-state index contributed by atoms with van der Waals surface area (Å²) in [6.45, 7) is 11.6. The normalized spacial score (nSPS) is 13.2. The van der Waals surface area contributed by atoms with E-state index in [1.54, 1.807) is 26.0 Å². The summed E-state index contributed by atoms with van der Waals surface area (Å²) in [5.74, 6) is -0.909. The van der Waals surface area contributed by atoms with Crippen molar-refractivity contribution < 1.29 is 19.1 Å². The van der Waals surface area contributed by atoms with Gasteiger partial charge >= 0.3 is 11.9 Å². The number of hydrogen-bond acceptors (Lipinski definition) is 4. The van der Waals surface area contributed by atoms with Crippen LogP contribution in [0.5, 0.6) is 0 Å². The van der Waals surface area contributed by atoms with Crippen molar-refractivity contribution in [2.75, 3.05) is 13.2 Å². The van der Waals surface area contributed by atoms with Gasteiger partial charge in [-0.2, -0.15) is 0 Å². The van der Waals surface area contributed by atoms with Crippen LogP contribution in [0.2, 0.25) is 0 Å². The van der Waals surface area contributed by atoms with Crippen molar-refractivity contribution in [3.05, 3.63) is 25.3 Å². The maximum Gasteiger partial charge on any atom is 0.306 e. The molecule has 0 saturated heterocycles. The number of allylic oxidation sites excluding steroid dienone is 2. The van der Waals surface area contributed by atoms with Crippen LogP contribution in [-0.4, -0.2) is 25.2 Å². The van der Waals surface area contributed by atoms with Crippen LogP contribution in [0.3, 0.4) is 0 Å². The van der Waals surface area contributed by atoms with Gasteiger partial charge in [-0.25, -0.2) is 0 Å². The lowest BCUT2D eigenvalue weighted by molar-refractivity contribution is -0.147. The Morgan fingerprint density at radius 2 is 1.28 bits per heavy atom. The van der Waals surface area contributed by atoms with Gasteiger partial charge in [-0.05, 0) is 25.7 Å². The number of ether oxygens (including phenoxy) is 2. The van der Waals surface area contributed by atoms with Crippen molar-refractivity contribution >= 4 is 11.9 Å². The molecule has 0 bridgehead atoms. The molecule has 18 heavy (non-hydrogen) atoms. The molecule has 0 spiro atoms. The van der Waals surface area contributed by atoms with E-state index in [0.717, 1.165) is 0 Å². The molecule has 0 aromatic carbocycles. The minimum Gasteiger partial charge on any atom is -0.466 e. The molecule has 0 N–H and O–H groups in total. The smallest absolute Gasteiger partial charge is 0.306 e. The molecule has 102 valence electrons. The van der Waals surface area contributed by atoms with Gasteiger partial charge in [0.15, 0.2) is 0 Å². The fourth-order valence-corrected chi connectivity index (χ4v) is 1.64. The Hall–Kier alpha value is -1.58. The maximum absolute atomic E-state index is 11.4. The van der Waals surface area contributed by atoms with Gasteiger partial charge in [0.25, 0.3) is 0 Å². The summed E-state index contributed by atoms with van der Waals surface area (Å²) in [7, 11) is 0. The van der Waals surface area contributed by atoms with E-state index in [1.165, 1.54) is 0 Å². The second kappa shape index (κ2) is 9.45. The number of hydrogen-bond donors (Lipinski definition) is 0. The molecule has 2 atom stereocenters. The van der Waals surface area contributed by atoms with Crippen LogP contribution >= 0.6 is 0 Å². The number of esters is 2. The van der Waals surface area contributed by atoms with Crippen molar-refractivity contribution in [2.45, 2.75) is 26.7 Å². The molecule has 4 nitrogen and oxygen atoms in total. The van der Waals surface area contributed by atoms with Crippen molar-refractivity contribution in [2.24, 2.45) is 11.8 Å². The minimum absolute atomic E-state index is 0.161. The number of carbonyl (C=O) groups excluding carboxylic acids is 2. The third kappa shape index (κ3) is 6.23. The SMILES string of the molecule is C=C[C@H](CC(=O)OCC)[C@@H](C=C)CC(=O)OCC. The predicted molar refractivity (Wildman–Crippen MR) is 69.9 cm³/mol. The Morgan fingerprint density at radius 3 is 1.50 bits per heavy atom. The Labute approximate surface area is 109 Å². The topological polar surface area (TPSA) is 52.6 Å². The molecule has 0 aliphatic heterocycles. The van der Waals surface area contributed by atoms with E-state index in [4.69, 9.17) is 9.47 Å². The molecule has 0 radical (unpaired) electrons. The first-order valence-corrected chi connectivity index (χ1v) is 6.15. The van der Waals surface area contributed by atoms with Gasteiger partial charge in [0.2, 0.25) is 0 Å². The minimum atomic E-state index is -0.293. The standard InChI is InChI=1S/C14H22O4/c1-5-11(9-13(15)17-7-3)12(6-2)10-14(16)18-8-4/h5-6,11-12H,1-2,7-10H2,3-4H3/t11-,12+. The molecule has 0 aromatic heterocycles.